The third kappa shape index (κ3) is 2.94. The van der Waals surface area contributed by atoms with Gasteiger partial charge in [-0.25, -0.2) is 4.79 Å². The molecule has 1 saturated heterocycles. The van der Waals surface area contributed by atoms with Crippen molar-refractivity contribution in [3.05, 3.63) is 30.3 Å². The Labute approximate surface area is 107 Å². The molecule has 4 heteroatoms. The first kappa shape index (κ1) is 12.7. The minimum Gasteiger partial charge on any atom is -0.490 e. The predicted octanol–water partition coefficient (Wildman–Crippen LogP) is 2.68. The Morgan fingerprint density at radius 3 is 2.56 bits per heavy atom. The second-order valence-electron chi connectivity index (χ2n) is 5.41. The molecule has 0 aliphatic carbocycles. The van der Waals surface area contributed by atoms with Crippen LogP contribution < -0.4 is 4.74 Å². The molecule has 0 unspecified atom stereocenters. The molecule has 1 amide bonds. The minimum absolute atomic E-state index is 0.197. The van der Waals surface area contributed by atoms with E-state index in [4.69, 9.17) is 9.47 Å². The van der Waals surface area contributed by atoms with Gasteiger partial charge in [-0.1, -0.05) is 18.2 Å². The van der Waals surface area contributed by atoms with Crippen molar-refractivity contribution in [2.24, 2.45) is 0 Å². The first-order valence-electron chi connectivity index (χ1n) is 6.13. The number of nitrogens with zero attached hydrogens (tertiary/aromatic N) is 1. The molecule has 0 aromatic heterocycles. The fourth-order valence-corrected chi connectivity index (χ4v) is 1.86. The van der Waals surface area contributed by atoms with Crippen LogP contribution in [0.3, 0.4) is 0 Å². The van der Waals surface area contributed by atoms with Crippen LogP contribution in [0.5, 0.6) is 5.75 Å². The standard InChI is InChI=1S/C14H19NO3/c1-14(2,3)15-9-12(18-13(15)16)10-17-11-7-5-4-6-8-11/h4-8,12H,9-10H2,1-3H3/t12-/m0/s1. The van der Waals surface area contributed by atoms with Crippen molar-refractivity contribution in [1.82, 2.24) is 4.90 Å². The van der Waals surface area contributed by atoms with E-state index in [9.17, 15) is 4.79 Å². The van der Waals surface area contributed by atoms with Gasteiger partial charge < -0.3 is 9.47 Å². The van der Waals surface area contributed by atoms with E-state index in [2.05, 4.69) is 0 Å². The smallest absolute Gasteiger partial charge is 0.410 e. The Balaban J connectivity index is 1.88. The monoisotopic (exact) mass is 249 g/mol. The number of hydrogen-bond acceptors (Lipinski definition) is 3. The van der Waals surface area contributed by atoms with E-state index in [1.807, 2.05) is 51.1 Å². The average Bonchev–Trinajstić information content (AvgIpc) is 2.69. The summed E-state index contributed by atoms with van der Waals surface area (Å²) in [4.78, 5) is 13.4. The van der Waals surface area contributed by atoms with E-state index in [0.29, 0.717) is 13.2 Å². The molecule has 0 N–H and O–H groups in total. The van der Waals surface area contributed by atoms with Gasteiger partial charge in [-0.15, -0.1) is 0 Å². The third-order valence-electron chi connectivity index (χ3n) is 2.86. The maximum atomic E-state index is 11.7. The van der Waals surface area contributed by atoms with Gasteiger partial charge in [-0.2, -0.15) is 0 Å². The fourth-order valence-electron chi connectivity index (χ4n) is 1.86. The van der Waals surface area contributed by atoms with Gasteiger partial charge in [-0.3, -0.25) is 4.90 Å². The Morgan fingerprint density at radius 2 is 2.00 bits per heavy atom. The number of carbonyl (C=O) groups excluding carboxylic acids is 1. The number of ether oxygens (including phenoxy) is 2. The molecular weight excluding hydrogens is 230 g/mol. The Hall–Kier alpha value is -1.71. The van der Waals surface area contributed by atoms with Gasteiger partial charge in [0.05, 0.1) is 6.54 Å². The summed E-state index contributed by atoms with van der Waals surface area (Å²) < 4.78 is 10.9. The number of para-hydroxylation sites is 1. The van der Waals surface area contributed by atoms with E-state index in [0.717, 1.165) is 5.75 Å². The predicted molar refractivity (Wildman–Crippen MR) is 68.7 cm³/mol. The average molecular weight is 249 g/mol. The third-order valence-corrected chi connectivity index (χ3v) is 2.86. The molecule has 18 heavy (non-hydrogen) atoms. The van der Waals surface area contributed by atoms with Crippen molar-refractivity contribution < 1.29 is 14.3 Å². The number of carbonyl (C=O) groups is 1. The Kier molecular flexibility index (Phi) is 3.45. The van der Waals surface area contributed by atoms with E-state index in [-0.39, 0.29) is 17.7 Å². The van der Waals surface area contributed by atoms with Crippen molar-refractivity contribution in [2.45, 2.75) is 32.4 Å². The van der Waals surface area contributed by atoms with Crippen molar-refractivity contribution in [2.75, 3.05) is 13.2 Å². The summed E-state index contributed by atoms with van der Waals surface area (Å²) in [5.74, 6) is 0.794. The van der Waals surface area contributed by atoms with Crippen LogP contribution in [0.25, 0.3) is 0 Å². The highest BCUT2D eigenvalue weighted by molar-refractivity contribution is 5.70. The normalized spacial score (nSPS) is 19.8. The molecule has 1 aliphatic rings. The lowest BCUT2D eigenvalue weighted by molar-refractivity contribution is 0.0993. The maximum absolute atomic E-state index is 11.7. The van der Waals surface area contributed by atoms with E-state index >= 15 is 0 Å². The maximum Gasteiger partial charge on any atom is 0.410 e. The molecule has 0 bridgehead atoms. The molecule has 2 rings (SSSR count). The summed E-state index contributed by atoms with van der Waals surface area (Å²) in [6.07, 6.45) is -0.457. The topological polar surface area (TPSA) is 38.8 Å². The van der Waals surface area contributed by atoms with Gasteiger partial charge >= 0.3 is 6.09 Å². The molecule has 0 saturated carbocycles. The van der Waals surface area contributed by atoms with E-state index in [1.165, 1.54) is 0 Å². The van der Waals surface area contributed by atoms with Crippen LogP contribution in [0, 0.1) is 0 Å². The van der Waals surface area contributed by atoms with E-state index < -0.39 is 0 Å². The number of benzene rings is 1. The van der Waals surface area contributed by atoms with Crippen LogP contribution >= 0.6 is 0 Å². The van der Waals surface area contributed by atoms with Crippen LogP contribution in [0.2, 0.25) is 0 Å². The van der Waals surface area contributed by atoms with E-state index in [1.54, 1.807) is 4.90 Å². The second kappa shape index (κ2) is 4.88. The molecule has 1 fully saturated rings. The van der Waals surface area contributed by atoms with Gasteiger partial charge in [0.15, 0.2) is 6.10 Å². The number of hydrogen-bond donors (Lipinski definition) is 0. The lowest BCUT2D eigenvalue weighted by atomic mass is 10.1. The van der Waals surface area contributed by atoms with Crippen molar-refractivity contribution in [3.63, 3.8) is 0 Å². The molecule has 1 heterocycles. The van der Waals surface area contributed by atoms with Crippen molar-refractivity contribution in [3.8, 4) is 5.75 Å². The number of rotatable bonds is 3. The molecule has 4 nitrogen and oxygen atoms in total. The van der Waals surface area contributed by atoms with Crippen LogP contribution in [0.1, 0.15) is 20.8 Å². The first-order chi connectivity index (χ1) is 8.47. The second-order valence-corrected chi connectivity index (χ2v) is 5.41. The summed E-state index contributed by atoms with van der Waals surface area (Å²) in [7, 11) is 0. The lowest BCUT2D eigenvalue weighted by Crippen LogP contribution is -2.42. The molecule has 98 valence electrons. The van der Waals surface area contributed by atoms with Crippen molar-refractivity contribution in [1.29, 1.82) is 0 Å². The van der Waals surface area contributed by atoms with Gasteiger partial charge in [0.2, 0.25) is 0 Å². The molecule has 0 spiro atoms. The largest absolute Gasteiger partial charge is 0.490 e. The zero-order valence-corrected chi connectivity index (χ0v) is 11.1. The Bertz CT molecular complexity index is 411. The highest BCUT2D eigenvalue weighted by atomic mass is 16.6. The van der Waals surface area contributed by atoms with Crippen LogP contribution in [0.15, 0.2) is 30.3 Å². The zero-order chi connectivity index (χ0) is 13.2. The molecular formula is C14H19NO3. The van der Waals surface area contributed by atoms with Gasteiger partial charge in [-0.05, 0) is 32.9 Å². The van der Waals surface area contributed by atoms with Crippen LogP contribution in [0.4, 0.5) is 4.79 Å². The number of amides is 1. The lowest BCUT2D eigenvalue weighted by Gasteiger charge is -2.29. The van der Waals surface area contributed by atoms with Crippen molar-refractivity contribution >= 4 is 6.09 Å². The fraction of sp³-hybridized carbons (Fsp3) is 0.500. The summed E-state index contributed by atoms with van der Waals surface area (Å²) in [5.41, 5.74) is -0.210. The first-order valence-corrected chi connectivity index (χ1v) is 6.13. The van der Waals surface area contributed by atoms with Crippen LogP contribution in [-0.2, 0) is 4.74 Å². The molecule has 1 aromatic rings. The summed E-state index contributed by atoms with van der Waals surface area (Å²) >= 11 is 0. The van der Waals surface area contributed by atoms with Gasteiger partial charge in [0.25, 0.3) is 0 Å². The molecule has 0 radical (unpaired) electrons. The summed E-state index contributed by atoms with van der Waals surface area (Å²) in [5, 5.41) is 0. The number of cyclic esters (lactones) is 1. The molecule has 1 atom stereocenters. The zero-order valence-electron chi connectivity index (χ0n) is 11.1. The van der Waals surface area contributed by atoms with Crippen LogP contribution in [-0.4, -0.2) is 35.8 Å². The Morgan fingerprint density at radius 1 is 1.33 bits per heavy atom. The quantitative estimate of drug-likeness (QED) is 0.826. The van der Waals surface area contributed by atoms with Gasteiger partial charge in [0.1, 0.15) is 12.4 Å². The SMILES string of the molecule is CC(C)(C)N1C[C@@H](COc2ccccc2)OC1=O. The summed E-state index contributed by atoms with van der Waals surface area (Å²) in [6.45, 7) is 6.95. The highest BCUT2D eigenvalue weighted by Gasteiger charge is 2.38. The highest BCUT2D eigenvalue weighted by Crippen LogP contribution is 2.22. The van der Waals surface area contributed by atoms with Gasteiger partial charge in [0, 0.05) is 5.54 Å². The minimum atomic E-state index is -0.260. The molecule has 1 aromatic carbocycles. The molecule has 1 aliphatic heterocycles. The summed E-state index contributed by atoms with van der Waals surface area (Å²) in [6, 6.07) is 9.54.